The first-order valence-electron chi connectivity index (χ1n) is 7.38. The minimum Gasteiger partial charge on any atom is -0.488 e. The SMILES string of the molecule is O=C(O)c1cc(Br)c(C2CCC2)cc1OCc1ccccc1. The standard InChI is InChI=1S/C18H17BrO3/c19-16-9-15(18(20)21)17(10-14(16)13-7-4-8-13)22-11-12-5-2-1-3-6-12/h1-3,5-6,9-10,13H,4,7-8,11H2,(H,20,21). The number of carboxylic acid groups (broad SMARTS) is 1. The highest BCUT2D eigenvalue weighted by Crippen LogP contribution is 2.42. The highest BCUT2D eigenvalue weighted by molar-refractivity contribution is 9.10. The van der Waals surface area contributed by atoms with E-state index in [4.69, 9.17) is 4.74 Å². The zero-order chi connectivity index (χ0) is 15.5. The third-order valence-electron chi connectivity index (χ3n) is 4.11. The Labute approximate surface area is 138 Å². The van der Waals surface area contributed by atoms with Crippen molar-refractivity contribution in [3.63, 3.8) is 0 Å². The summed E-state index contributed by atoms with van der Waals surface area (Å²) in [6, 6.07) is 13.3. The maximum Gasteiger partial charge on any atom is 0.339 e. The van der Waals surface area contributed by atoms with Crippen LogP contribution in [-0.4, -0.2) is 11.1 Å². The van der Waals surface area contributed by atoms with Crippen LogP contribution in [0.2, 0.25) is 0 Å². The average molecular weight is 361 g/mol. The molecule has 2 aromatic rings. The first kappa shape index (κ1) is 15.1. The van der Waals surface area contributed by atoms with Crippen LogP contribution >= 0.6 is 15.9 Å². The Morgan fingerprint density at radius 1 is 1.23 bits per heavy atom. The highest BCUT2D eigenvalue weighted by Gasteiger charge is 2.24. The van der Waals surface area contributed by atoms with Gasteiger partial charge in [0.25, 0.3) is 0 Å². The maximum absolute atomic E-state index is 11.4. The van der Waals surface area contributed by atoms with E-state index in [1.54, 1.807) is 6.07 Å². The molecule has 1 N–H and O–H groups in total. The Morgan fingerprint density at radius 3 is 2.55 bits per heavy atom. The summed E-state index contributed by atoms with van der Waals surface area (Å²) in [5, 5.41) is 9.39. The maximum atomic E-state index is 11.4. The summed E-state index contributed by atoms with van der Waals surface area (Å²) >= 11 is 3.50. The third-order valence-corrected chi connectivity index (χ3v) is 4.80. The summed E-state index contributed by atoms with van der Waals surface area (Å²) in [7, 11) is 0. The van der Waals surface area contributed by atoms with Gasteiger partial charge in [-0.15, -0.1) is 0 Å². The minimum atomic E-state index is -0.969. The van der Waals surface area contributed by atoms with Gasteiger partial charge in [0.2, 0.25) is 0 Å². The van der Waals surface area contributed by atoms with E-state index in [1.807, 2.05) is 36.4 Å². The molecule has 0 radical (unpaired) electrons. The van der Waals surface area contributed by atoms with Crippen LogP contribution in [0.15, 0.2) is 46.9 Å². The largest absolute Gasteiger partial charge is 0.488 e. The van der Waals surface area contributed by atoms with Gasteiger partial charge in [-0.2, -0.15) is 0 Å². The number of benzene rings is 2. The molecule has 0 aromatic heterocycles. The van der Waals surface area contributed by atoms with E-state index in [0.29, 0.717) is 18.3 Å². The van der Waals surface area contributed by atoms with Crippen LogP contribution in [0.25, 0.3) is 0 Å². The molecule has 1 fully saturated rings. The Kier molecular flexibility index (Phi) is 4.48. The van der Waals surface area contributed by atoms with Gasteiger partial charge in [0, 0.05) is 4.47 Å². The van der Waals surface area contributed by atoms with Gasteiger partial charge < -0.3 is 9.84 Å². The zero-order valence-corrected chi connectivity index (χ0v) is 13.7. The lowest BCUT2D eigenvalue weighted by atomic mass is 9.80. The smallest absolute Gasteiger partial charge is 0.339 e. The molecule has 0 heterocycles. The van der Waals surface area contributed by atoms with Crippen molar-refractivity contribution < 1.29 is 14.6 Å². The van der Waals surface area contributed by atoms with E-state index in [2.05, 4.69) is 15.9 Å². The fraction of sp³-hybridized carbons (Fsp3) is 0.278. The Bertz CT molecular complexity index is 678. The number of carbonyl (C=O) groups is 1. The molecular formula is C18H17BrO3. The van der Waals surface area contributed by atoms with Gasteiger partial charge in [-0.1, -0.05) is 52.7 Å². The quantitative estimate of drug-likeness (QED) is 0.816. The summed E-state index contributed by atoms with van der Waals surface area (Å²) in [6.45, 7) is 0.368. The van der Waals surface area contributed by atoms with E-state index >= 15 is 0 Å². The van der Waals surface area contributed by atoms with Gasteiger partial charge in [-0.25, -0.2) is 4.79 Å². The van der Waals surface area contributed by atoms with E-state index < -0.39 is 5.97 Å². The number of aromatic carboxylic acids is 1. The van der Waals surface area contributed by atoms with Crippen LogP contribution in [0.3, 0.4) is 0 Å². The molecule has 3 rings (SSSR count). The van der Waals surface area contributed by atoms with Gasteiger partial charge in [-0.05, 0) is 42.0 Å². The summed E-state index contributed by atoms with van der Waals surface area (Å²) in [5.74, 6) is -0.0123. The molecule has 0 aliphatic heterocycles. The normalized spacial score (nSPS) is 14.4. The molecule has 0 saturated heterocycles. The molecule has 0 amide bonds. The van der Waals surface area contributed by atoms with Gasteiger partial charge >= 0.3 is 5.97 Å². The second-order valence-electron chi connectivity index (χ2n) is 5.58. The topological polar surface area (TPSA) is 46.5 Å². The second kappa shape index (κ2) is 6.53. The molecule has 114 valence electrons. The van der Waals surface area contributed by atoms with Crippen molar-refractivity contribution in [1.82, 2.24) is 0 Å². The molecule has 4 heteroatoms. The Morgan fingerprint density at radius 2 is 1.95 bits per heavy atom. The van der Waals surface area contributed by atoms with Gasteiger partial charge in [0.1, 0.15) is 17.9 Å². The first-order valence-corrected chi connectivity index (χ1v) is 8.18. The number of carboxylic acids is 1. The molecule has 1 saturated carbocycles. The highest BCUT2D eigenvalue weighted by atomic mass is 79.9. The molecule has 0 spiro atoms. The van der Waals surface area contributed by atoms with Gasteiger partial charge in [-0.3, -0.25) is 0 Å². The summed E-state index contributed by atoms with van der Waals surface area (Å²) < 4.78 is 6.66. The lowest BCUT2D eigenvalue weighted by molar-refractivity contribution is 0.0691. The number of hydrogen-bond acceptors (Lipinski definition) is 2. The van der Waals surface area contributed by atoms with E-state index in [9.17, 15) is 9.90 Å². The van der Waals surface area contributed by atoms with E-state index in [1.165, 1.54) is 6.42 Å². The second-order valence-corrected chi connectivity index (χ2v) is 6.43. The van der Waals surface area contributed by atoms with Crippen molar-refractivity contribution in [1.29, 1.82) is 0 Å². The minimum absolute atomic E-state index is 0.200. The van der Waals surface area contributed by atoms with Crippen molar-refractivity contribution >= 4 is 21.9 Å². The Balaban J connectivity index is 1.88. The molecular weight excluding hydrogens is 344 g/mol. The molecule has 0 unspecified atom stereocenters. The molecule has 1 aliphatic rings. The number of hydrogen-bond donors (Lipinski definition) is 1. The molecule has 0 bridgehead atoms. The van der Waals surface area contributed by atoms with E-state index in [-0.39, 0.29) is 5.56 Å². The summed E-state index contributed by atoms with van der Waals surface area (Å²) in [6.07, 6.45) is 3.55. The number of ether oxygens (including phenoxy) is 1. The van der Waals surface area contributed by atoms with Crippen LogP contribution in [-0.2, 0) is 6.61 Å². The summed E-state index contributed by atoms with van der Waals surface area (Å²) in [4.78, 5) is 11.4. The Hall–Kier alpha value is -1.81. The molecule has 3 nitrogen and oxygen atoms in total. The zero-order valence-electron chi connectivity index (χ0n) is 12.1. The predicted octanol–water partition coefficient (Wildman–Crippen LogP) is 4.99. The van der Waals surface area contributed by atoms with Crippen LogP contribution < -0.4 is 4.74 Å². The van der Waals surface area contributed by atoms with Crippen LogP contribution in [0.5, 0.6) is 5.75 Å². The van der Waals surface area contributed by atoms with E-state index in [0.717, 1.165) is 28.4 Å². The predicted molar refractivity (Wildman–Crippen MR) is 88.5 cm³/mol. The first-order chi connectivity index (χ1) is 10.6. The molecule has 22 heavy (non-hydrogen) atoms. The van der Waals surface area contributed by atoms with Gasteiger partial charge in [0.15, 0.2) is 0 Å². The van der Waals surface area contributed by atoms with Crippen molar-refractivity contribution in [3.05, 3.63) is 63.6 Å². The van der Waals surface area contributed by atoms with Crippen molar-refractivity contribution in [2.24, 2.45) is 0 Å². The number of rotatable bonds is 5. The van der Waals surface area contributed by atoms with Crippen molar-refractivity contribution in [3.8, 4) is 5.75 Å². The summed E-state index contributed by atoms with van der Waals surface area (Å²) in [5.41, 5.74) is 2.37. The van der Waals surface area contributed by atoms with Gasteiger partial charge in [0.05, 0.1) is 0 Å². The van der Waals surface area contributed by atoms with Crippen LogP contribution in [0.4, 0.5) is 0 Å². The average Bonchev–Trinajstić information content (AvgIpc) is 2.46. The van der Waals surface area contributed by atoms with Crippen molar-refractivity contribution in [2.45, 2.75) is 31.8 Å². The third kappa shape index (κ3) is 3.17. The lowest BCUT2D eigenvalue weighted by Gasteiger charge is -2.27. The molecule has 1 aliphatic carbocycles. The lowest BCUT2D eigenvalue weighted by Crippen LogP contribution is -2.11. The van der Waals surface area contributed by atoms with Crippen LogP contribution in [0.1, 0.15) is 46.7 Å². The van der Waals surface area contributed by atoms with Crippen molar-refractivity contribution in [2.75, 3.05) is 0 Å². The number of halogens is 1. The monoisotopic (exact) mass is 360 g/mol. The molecule has 0 atom stereocenters. The molecule has 2 aromatic carbocycles. The fourth-order valence-electron chi connectivity index (χ4n) is 2.62. The fourth-order valence-corrected chi connectivity index (χ4v) is 3.29. The van der Waals surface area contributed by atoms with Crippen LogP contribution in [0, 0.1) is 0 Å².